The van der Waals surface area contributed by atoms with Crippen LogP contribution in [-0.2, 0) is 9.59 Å². The molecule has 1 fully saturated rings. The van der Waals surface area contributed by atoms with Crippen LogP contribution in [0.2, 0.25) is 0 Å². The normalized spacial score (nSPS) is 18.1. The van der Waals surface area contributed by atoms with Gasteiger partial charge in [-0.05, 0) is 42.7 Å². The molecule has 2 aliphatic heterocycles. The lowest BCUT2D eigenvalue weighted by atomic mass is 10.0. The summed E-state index contributed by atoms with van der Waals surface area (Å²) in [5.41, 5.74) is 4.90. The van der Waals surface area contributed by atoms with E-state index in [4.69, 9.17) is 4.74 Å². The Morgan fingerprint density at radius 3 is 2.14 bits per heavy atom. The summed E-state index contributed by atoms with van der Waals surface area (Å²) >= 11 is 0. The van der Waals surface area contributed by atoms with Gasteiger partial charge in [0.05, 0.1) is 24.8 Å². The zero-order valence-electron chi connectivity index (χ0n) is 21.5. The Bertz CT molecular complexity index is 1230. The van der Waals surface area contributed by atoms with Gasteiger partial charge in [0, 0.05) is 31.9 Å². The molecule has 0 unspecified atom stereocenters. The molecule has 1 N–H and O–H groups in total. The van der Waals surface area contributed by atoms with Gasteiger partial charge in [-0.2, -0.15) is 0 Å². The van der Waals surface area contributed by atoms with Crippen LogP contribution in [0.5, 0.6) is 5.75 Å². The summed E-state index contributed by atoms with van der Waals surface area (Å²) in [5, 5.41) is 3.08. The van der Waals surface area contributed by atoms with E-state index in [1.54, 1.807) is 0 Å². The van der Waals surface area contributed by atoms with E-state index in [1.807, 2.05) is 91.5 Å². The number of para-hydroxylation sites is 3. The number of hydrogen-bond acceptors (Lipinski definition) is 5. The lowest BCUT2D eigenvalue weighted by Crippen LogP contribution is -2.52. The number of carbonyl (C=O) groups is 2. The topological polar surface area (TPSA) is 65.1 Å². The van der Waals surface area contributed by atoms with Crippen molar-refractivity contribution in [3.63, 3.8) is 0 Å². The number of piperazine rings is 1. The molecular formula is C30H34N4O3. The Morgan fingerprint density at radius 2 is 1.43 bits per heavy atom. The van der Waals surface area contributed by atoms with Crippen LogP contribution in [0, 0.1) is 13.8 Å². The first-order chi connectivity index (χ1) is 18.0. The van der Waals surface area contributed by atoms with Crippen LogP contribution >= 0.6 is 0 Å². The van der Waals surface area contributed by atoms with Gasteiger partial charge in [0.2, 0.25) is 11.8 Å². The molecule has 3 aromatic rings. The summed E-state index contributed by atoms with van der Waals surface area (Å²) in [4.78, 5) is 32.6. The molecule has 192 valence electrons. The van der Waals surface area contributed by atoms with Gasteiger partial charge in [0.25, 0.3) is 0 Å². The molecule has 37 heavy (non-hydrogen) atoms. The van der Waals surface area contributed by atoms with Gasteiger partial charge >= 0.3 is 0 Å². The van der Waals surface area contributed by atoms with Crippen molar-refractivity contribution in [2.75, 3.05) is 56.1 Å². The molecule has 7 heteroatoms. The Morgan fingerprint density at radius 1 is 0.811 bits per heavy atom. The lowest BCUT2D eigenvalue weighted by Gasteiger charge is -2.39. The van der Waals surface area contributed by atoms with E-state index in [1.165, 1.54) is 0 Å². The summed E-state index contributed by atoms with van der Waals surface area (Å²) in [6, 6.07) is 23.7. The summed E-state index contributed by atoms with van der Waals surface area (Å²) in [6.07, 6.45) is 0. The van der Waals surface area contributed by atoms with E-state index in [0.717, 1.165) is 60.0 Å². The zero-order valence-corrected chi connectivity index (χ0v) is 21.5. The Balaban J connectivity index is 1.20. The third kappa shape index (κ3) is 5.68. The van der Waals surface area contributed by atoms with Crippen molar-refractivity contribution in [3.05, 3.63) is 89.5 Å². The highest BCUT2D eigenvalue weighted by Gasteiger charge is 2.34. The van der Waals surface area contributed by atoms with Gasteiger partial charge in [-0.1, -0.05) is 60.7 Å². The van der Waals surface area contributed by atoms with Crippen molar-refractivity contribution < 1.29 is 14.3 Å². The maximum Gasteiger partial charge on any atom is 0.241 e. The van der Waals surface area contributed by atoms with E-state index in [-0.39, 0.29) is 17.9 Å². The fraction of sp³-hybridized carbons (Fsp3) is 0.333. The van der Waals surface area contributed by atoms with Crippen LogP contribution in [0.25, 0.3) is 0 Å². The van der Waals surface area contributed by atoms with E-state index in [0.29, 0.717) is 19.7 Å². The van der Waals surface area contributed by atoms with Crippen molar-refractivity contribution >= 4 is 23.2 Å². The SMILES string of the molecule is Cc1cccc(C)c1NC(=O)CN1CCN(CC(=O)N2c3ccccc3OC[C@H]2c2ccccc2)CC1. The van der Waals surface area contributed by atoms with Crippen LogP contribution in [0.4, 0.5) is 11.4 Å². The summed E-state index contributed by atoms with van der Waals surface area (Å²) in [5.74, 6) is 0.797. The molecule has 7 nitrogen and oxygen atoms in total. The second-order valence-corrected chi connectivity index (χ2v) is 9.84. The summed E-state index contributed by atoms with van der Waals surface area (Å²) < 4.78 is 6.02. The number of benzene rings is 3. The van der Waals surface area contributed by atoms with Crippen LogP contribution in [-0.4, -0.2) is 67.5 Å². The Kier molecular flexibility index (Phi) is 7.53. The number of ether oxygens (including phenoxy) is 1. The molecular weight excluding hydrogens is 464 g/mol. The van der Waals surface area contributed by atoms with E-state index < -0.39 is 0 Å². The van der Waals surface area contributed by atoms with Crippen molar-refractivity contribution in [3.8, 4) is 5.75 Å². The highest BCUT2D eigenvalue weighted by atomic mass is 16.5. The van der Waals surface area contributed by atoms with E-state index >= 15 is 0 Å². The molecule has 1 atom stereocenters. The number of rotatable bonds is 6. The van der Waals surface area contributed by atoms with Gasteiger partial charge in [0.1, 0.15) is 12.4 Å². The number of amides is 2. The van der Waals surface area contributed by atoms with E-state index in [2.05, 4.69) is 15.1 Å². The number of anilines is 2. The Labute approximate surface area is 218 Å². The lowest BCUT2D eigenvalue weighted by molar-refractivity contribution is -0.122. The van der Waals surface area contributed by atoms with Crippen LogP contribution in [0.1, 0.15) is 22.7 Å². The molecule has 3 aromatic carbocycles. The highest BCUT2D eigenvalue weighted by molar-refractivity contribution is 5.97. The number of nitrogens with one attached hydrogen (secondary N) is 1. The minimum Gasteiger partial charge on any atom is -0.489 e. The molecule has 0 saturated carbocycles. The zero-order chi connectivity index (χ0) is 25.8. The molecule has 0 aromatic heterocycles. The van der Waals surface area contributed by atoms with Crippen molar-refractivity contribution in [1.29, 1.82) is 0 Å². The van der Waals surface area contributed by atoms with Crippen LogP contribution < -0.4 is 15.0 Å². The first kappa shape index (κ1) is 25.0. The highest BCUT2D eigenvalue weighted by Crippen LogP contribution is 2.39. The molecule has 5 rings (SSSR count). The first-order valence-electron chi connectivity index (χ1n) is 12.9. The summed E-state index contributed by atoms with van der Waals surface area (Å²) in [6.45, 7) is 8.10. The second kappa shape index (κ2) is 11.2. The molecule has 2 amide bonds. The standard InChI is InChI=1S/C30H34N4O3/c1-22-9-8-10-23(2)30(22)31-28(35)19-32-15-17-33(18-16-32)20-29(36)34-25-13-6-7-14-27(25)37-21-26(34)24-11-4-3-5-12-24/h3-14,26H,15-21H2,1-2H3,(H,31,35)/t26-/m0/s1. The average Bonchev–Trinajstić information content (AvgIpc) is 2.91. The third-order valence-corrected chi connectivity index (χ3v) is 7.22. The van der Waals surface area contributed by atoms with Crippen molar-refractivity contribution in [2.45, 2.75) is 19.9 Å². The van der Waals surface area contributed by atoms with Crippen molar-refractivity contribution in [1.82, 2.24) is 9.80 Å². The number of fused-ring (bicyclic) bond motifs is 1. The maximum atomic E-state index is 13.7. The third-order valence-electron chi connectivity index (χ3n) is 7.22. The predicted octanol–water partition coefficient (Wildman–Crippen LogP) is 4.03. The fourth-order valence-corrected chi connectivity index (χ4v) is 5.18. The van der Waals surface area contributed by atoms with Gasteiger partial charge in [-0.25, -0.2) is 0 Å². The maximum absolute atomic E-state index is 13.7. The van der Waals surface area contributed by atoms with Crippen molar-refractivity contribution in [2.24, 2.45) is 0 Å². The average molecular weight is 499 g/mol. The first-order valence-corrected chi connectivity index (χ1v) is 12.9. The smallest absolute Gasteiger partial charge is 0.241 e. The molecule has 0 aliphatic carbocycles. The quantitative estimate of drug-likeness (QED) is 0.556. The molecule has 0 radical (unpaired) electrons. The van der Waals surface area contributed by atoms with Crippen LogP contribution in [0.15, 0.2) is 72.8 Å². The number of carbonyl (C=O) groups excluding carboxylic acids is 2. The summed E-state index contributed by atoms with van der Waals surface area (Å²) in [7, 11) is 0. The predicted molar refractivity (Wildman–Crippen MR) is 146 cm³/mol. The largest absolute Gasteiger partial charge is 0.489 e. The van der Waals surface area contributed by atoms with Gasteiger partial charge in [0.15, 0.2) is 0 Å². The minimum absolute atomic E-state index is 0.00227. The molecule has 2 aliphatic rings. The Hall–Kier alpha value is -3.68. The van der Waals surface area contributed by atoms with Gasteiger partial charge < -0.3 is 10.1 Å². The second-order valence-electron chi connectivity index (χ2n) is 9.84. The van der Waals surface area contributed by atoms with Gasteiger partial charge in [-0.15, -0.1) is 0 Å². The molecule has 0 bridgehead atoms. The number of hydrogen-bond donors (Lipinski definition) is 1. The van der Waals surface area contributed by atoms with Gasteiger partial charge in [-0.3, -0.25) is 24.3 Å². The number of aryl methyl sites for hydroxylation is 2. The minimum atomic E-state index is -0.168. The van der Waals surface area contributed by atoms with Crippen LogP contribution in [0.3, 0.4) is 0 Å². The monoisotopic (exact) mass is 498 g/mol. The fourth-order valence-electron chi connectivity index (χ4n) is 5.18. The molecule has 2 heterocycles. The molecule has 0 spiro atoms. The van der Waals surface area contributed by atoms with E-state index in [9.17, 15) is 9.59 Å². The molecule has 1 saturated heterocycles. The number of nitrogens with zero attached hydrogens (tertiary/aromatic N) is 3.